The second kappa shape index (κ2) is 6.33. The fourth-order valence-corrected chi connectivity index (χ4v) is 5.35. The number of ketones is 1. The number of hydrogen-bond acceptors (Lipinski definition) is 5. The van der Waals surface area contributed by atoms with Crippen molar-refractivity contribution in [2.45, 2.75) is 31.1 Å². The van der Waals surface area contributed by atoms with Crippen molar-refractivity contribution in [2.75, 3.05) is 0 Å². The quantitative estimate of drug-likeness (QED) is 0.645. The first-order valence-electron chi connectivity index (χ1n) is 9.67. The Kier molecular flexibility index (Phi) is 3.89. The molecule has 4 aliphatic rings. The average Bonchev–Trinajstić information content (AvgIpc) is 3.39. The summed E-state index contributed by atoms with van der Waals surface area (Å²) in [5.74, 6) is -0.0672. The van der Waals surface area contributed by atoms with E-state index in [9.17, 15) is 14.4 Å². The van der Waals surface area contributed by atoms with Gasteiger partial charge in [0.1, 0.15) is 18.2 Å². The van der Waals surface area contributed by atoms with Gasteiger partial charge in [-0.15, -0.1) is 0 Å². The van der Waals surface area contributed by atoms with E-state index in [1.807, 2.05) is 30.3 Å². The van der Waals surface area contributed by atoms with Crippen LogP contribution in [0.2, 0.25) is 0 Å². The van der Waals surface area contributed by atoms with Crippen LogP contribution in [0.15, 0.2) is 54.6 Å². The van der Waals surface area contributed by atoms with Gasteiger partial charge in [0.2, 0.25) is 0 Å². The summed E-state index contributed by atoms with van der Waals surface area (Å²) in [7, 11) is 0. The molecule has 5 rings (SSSR count). The number of carbonyl (C=O) groups is 3. The van der Waals surface area contributed by atoms with Gasteiger partial charge in [-0.2, -0.15) is 0 Å². The molecule has 1 aromatic carbocycles. The number of alkyl carbamates (subject to hydrolysis) is 1. The van der Waals surface area contributed by atoms with Crippen LogP contribution in [0.3, 0.4) is 0 Å². The summed E-state index contributed by atoms with van der Waals surface area (Å²) < 4.78 is 11.0. The summed E-state index contributed by atoms with van der Waals surface area (Å²) >= 11 is 0. The van der Waals surface area contributed by atoms with Crippen LogP contribution in [-0.4, -0.2) is 29.5 Å². The molecule has 28 heavy (non-hydrogen) atoms. The number of amides is 1. The first-order valence-corrected chi connectivity index (χ1v) is 9.67. The highest BCUT2D eigenvalue weighted by Gasteiger charge is 2.62. The summed E-state index contributed by atoms with van der Waals surface area (Å²) in [5.41, 5.74) is 0.0467. The van der Waals surface area contributed by atoms with Crippen LogP contribution in [0.4, 0.5) is 4.79 Å². The van der Waals surface area contributed by atoms with Gasteiger partial charge in [-0.1, -0.05) is 42.5 Å². The minimum atomic E-state index is -0.822. The normalized spacial score (nSPS) is 37.2. The predicted molar refractivity (Wildman–Crippen MR) is 98.9 cm³/mol. The number of rotatable bonds is 3. The Balaban J connectivity index is 1.28. The fourth-order valence-electron chi connectivity index (χ4n) is 5.35. The van der Waals surface area contributed by atoms with Gasteiger partial charge in [0.05, 0.1) is 0 Å². The molecule has 3 aliphatic carbocycles. The van der Waals surface area contributed by atoms with Gasteiger partial charge in [-0.3, -0.25) is 4.79 Å². The zero-order valence-electron chi connectivity index (χ0n) is 15.2. The number of benzene rings is 1. The van der Waals surface area contributed by atoms with Gasteiger partial charge in [0.25, 0.3) is 0 Å². The Labute approximate surface area is 162 Å². The highest BCUT2D eigenvalue weighted by atomic mass is 16.6. The van der Waals surface area contributed by atoms with E-state index in [-0.39, 0.29) is 36.1 Å². The lowest BCUT2D eigenvalue weighted by atomic mass is 9.66. The smallest absolute Gasteiger partial charge is 0.408 e. The molecule has 0 aromatic heterocycles. The van der Waals surface area contributed by atoms with E-state index in [2.05, 4.69) is 17.5 Å². The lowest BCUT2D eigenvalue weighted by molar-refractivity contribution is -0.154. The molecule has 6 heteroatoms. The van der Waals surface area contributed by atoms with Gasteiger partial charge in [0.15, 0.2) is 5.78 Å². The van der Waals surface area contributed by atoms with Crippen molar-refractivity contribution in [3.63, 3.8) is 0 Å². The fraction of sp³-hybridized carbons (Fsp3) is 0.409. The van der Waals surface area contributed by atoms with E-state index in [0.717, 1.165) is 12.0 Å². The number of hydrogen-bond donors (Lipinski definition) is 1. The highest BCUT2D eigenvalue weighted by Crippen LogP contribution is 2.57. The Morgan fingerprint density at radius 2 is 1.96 bits per heavy atom. The maximum absolute atomic E-state index is 12.5. The van der Waals surface area contributed by atoms with Crippen LogP contribution < -0.4 is 5.32 Å². The van der Waals surface area contributed by atoms with Crippen molar-refractivity contribution in [3.05, 3.63) is 60.2 Å². The number of esters is 1. The summed E-state index contributed by atoms with van der Waals surface area (Å²) in [6.45, 7) is 0.132. The molecule has 1 heterocycles. The number of fused-ring (bicyclic) bond motifs is 6. The van der Waals surface area contributed by atoms with Crippen molar-refractivity contribution >= 4 is 17.8 Å². The van der Waals surface area contributed by atoms with E-state index >= 15 is 0 Å². The minimum absolute atomic E-state index is 0.0453. The lowest BCUT2D eigenvalue weighted by Crippen LogP contribution is -2.48. The molecular formula is C22H21NO5. The van der Waals surface area contributed by atoms with Gasteiger partial charge >= 0.3 is 12.1 Å². The molecule has 1 spiro atoms. The zero-order chi connectivity index (χ0) is 19.3. The molecule has 1 amide bonds. The molecule has 1 aliphatic heterocycles. The summed E-state index contributed by atoms with van der Waals surface area (Å²) in [4.78, 5) is 37.1. The first-order chi connectivity index (χ1) is 13.6. The Hall–Kier alpha value is -2.89. The number of nitrogens with one attached hydrogen (secondary N) is 1. The SMILES string of the molecule is O=C(N[C@H]1C[C@]2(C=CC(=O)[C@H]3[C@@H]2[C@H]2C=C[C@@H]3C2)OC1=O)OCc1ccccc1. The highest BCUT2D eigenvalue weighted by molar-refractivity contribution is 5.95. The molecule has 6 atom stereocenters. The van der Waals surface area contributed by atoms with E-state index < -0.39 is 23.7 Å². The van der Waals surface area contributed by atoms with Crippen LogP contribution in [-0.2, 0) is 25.7 Å². The van der Waals surface area contributed by atoms with Crippen LogP contribution in [0.25, 0.3) is 0 Å². The van der Waals surface area contributed by atoms with Gasteiger partial charge in [0, 0.05) is 18.3 Å². The molecule has 144 valence electrons. The van der Waals surface area contributed by atoms with Crippen LogP contribution in [0.5, 0.6) is 0 Å². The maximum Gasteiger partial charge on any atom is 0.408 e. The zero-order valence-corrected chi connectivity index (χ0v) is 15.2. The summed E-state index contributed by atoms with van der Waals surface area (Å²) in [5, 5.41) is 2.63. The molecule has 2 fully saturated rings. The van der Waals surface area contributed by atoms with Crippen molar-refractivity contribution in [1.29, 1.82) is 0 Å². The molecule has 1 aromatic rings. The molecule has 1 N–H and O–H groups in total. The topological polar surface area (TPSA) is 81.7 Å². The van der Waals surface area contributed by atoms with Crippen LogP contribution in [0, 0.1) is 23.7 Å². The summed E-state index contributed by atoms with van der Waals surface area (Å²) in [6, 6.07) is 8.57. The largest absolute Gasteiger partial charge is 0.453 e. The number of carbonyl (C=O) groups excluding carboxylic acids is 3. The lowest BCUT2D eigenvalue weighted by Gasteiger charge is -2.41. The minimum Gasteiger partial charge on any atom is -0.453 e. The Bertz CT molecular complexity index is 891. The van der Waals surface area contributed by atoms with E-state index in [1.165, 1.54) is 0 Å². The molecule has 2 bridgehead atoms. The standard InChI is InChI=1S/C22H21NO5/c24-17-8-9-22(19-15-7-6-14(10-15)18(17)19)11-16(20(25)28-22)23-21(26)27-12-13-4-2-1-3-5-13/h1-9,14-16,18-19H,10-12H2,(H,23,26)/t14-,15+,16+,18+,19+,22+/m1/s1. The predicted octanol–water partition coefficient (Wildman–Crippen LogP) is 2.54. The van der Waals surface area contributed by atoms with Crippen molar-refractivity contribution in [2.24, 2.45) is 23.7 Å². The molecule has 1 saturated heterocycles. The Morgan fingerprint density at radius 3 is 2.79 bits per heavy atom. The number of allylic oxidation sites excluding steroid dienone is 3. The molecule has 0 radical (unpaired) electrons. The third kappa shape index (κ3) is 2.66. The van der Waals surface area contributed by atoms with Gasteiger partial charge in [-0.25, -0.2) is 9.59 Å². The van der Waals surface area contributed by atoms with Crippen LogP contribution >= 0.6 is 0 Å². The molecule has 1 saturated carbocycles. The molecule has 0 unspecified atom stereocenters. The van der Waals surface area contributed by atoms with E-state index in [0.29, 0.717) is 6.42 Å². The Morgan fingerprint density at radius 1 is 1.18 bits per heavy atom. The number of ether oxygens (including phenoxy) is 2. The van der Waals surface area contributed by atoms with Crippen molar-refractivity contribution in [3.8, 4) is 0 Å². The van der Waals surface area contributed by atoms with Gasteiger partial charge < -0.3 is 14.8 Å². The molecular weight excluding hydrogens is 358 g/mol. The maximum atomic E-state index is 12.5. The van der Waals surface area contributed by atoms with Gasteiger partial charge in [-0.05, 0) is 36.0 Å². The van der Waals surface area contributed by atoms with Crippen molar-refractivity contribution in [1.82, 2.24) is 5.32 Å². The van der Waals surface area contributed by atoms with E-state index in [1.54, 1.807) is 12.2 Å². The van der Waals surface area contributed by atoms with Crippen LogP contribution in [0.1, 0.15) is 18.4 Å². The molecule has 6 nitrogen and oxygen atoms in total. The third-order valence-electron chi connectivity index (χ3n) is 6.48. The van der Waals surface area contributed by atoms with E-state index in [4.69, 9.17) is 9.47 Å². The first kappa shape index (κ1) is 17.2. The summed E-state index contributed by atoms with van der Waals surface area (Å²) in [6.07, 6.45) is 8.16. The monoisotopic (exact) mass is 379 g/mol. The van der Waals surface area contributed by atoms with Crippen molar-refractivity contribution < 1.29 is 23.9 Å². The second-order valence-corrected chi connectivity index (χ2v) is 8.07. The second-order valence-electron chi connectivity index (χ2n) is 8.07. The third-order valence-corrected chi connectivity index (χ3v) is 6.48. The average molecular weight is 379 g/mol.